The third kappa shape index (κ3) is 2.81. The van der Waals surface area contributed by atoms with Crippen LogP contribution >= 0.6 is 11.6 Å². The first-order chi connectivity index (χ1) is 8.50. The fourth-order valence-corrected chi connectivity index (χ4v) is 1.70. The molecule has 0 fully saturated rings. The molecule has 18 heavy (non-hydrogen) atoms. The largest absolute Gasteiger partial charge is 0.416 e. The summed E-state index contributed by atoms with van der Waals surface area (Å²) in [7, 11) is 0. The molecule has 3 nitrogen and oxygen atoms in total. The molecule has 1 aromatic heterocycles. The van der Waals surface area contributed by atoms with E-state index >= 15 is 0 Å². The zero-order chi connectivity index (χ0) is 13.2. The highest BCUT2D eigenvalue weighted by Gasteiger charge is 2.29. The summed E-state index contributed by atoms with van der Waals surface area (Å²) >= 11 is 5.65. The highest BCUT2D eigenvalue weighted by Crippen LogP contribution is 2.29. The molecule has 0 unspecified atom stereocenters. The number of benzene rings is 1. The van der Waals surface area contributed by atoms with E-state index in [1.165, 1.54) is 18.5 Å². The molecule has 0 atom stereocenters. The second-order valence-electron chi connectivity index (χ2n) is 3.66. The van der Waals surface area contributed by atoms with Gasteiger partial charge in [0.2, 0.25) is 0 Å². The predicted octanol–water partition coefficient (Wildman–Crippen LogP) is 3.08. The molecule has 0 radical (unpaired) electrons. The van der Waals surface area contributed by atoms with Crippen LogP contribution in [0.5, 0.6) is 0 Å². The van der Waals surface area contributed by atoms with E-state index in [0.29, 0.717) is 17.9 Å². The third-order valence-corrected chi connectivity index (χ3v) is 2.67. The summed E-state index contributed by atoms with van der Waals surface area (Å²) in [6.45, 7) is 0.347. The van der Waals surface area contributed by atoms with Crippen LogP contribution in [-0.2, 0) is 18.6 Å². The monoisotopic (exact) mass is 275 g/mol. The zero-order valence-electron chi connectivity index (χ0n) is 9.15. The normalized spacial score (nSPS) is 11.8. The Labute approximate surface area is 106 Å². The summed E-state index contributed by atoms with van der Waals surface area (Å²) in [4.78, 5) is 3.93. The average molecular weight is 276 g/mol. The number of nitrogens with zero attached hydrogens (tertiary/aromatic N) is 3. The molecule has 0 aliphatic heterocycles. The van der Waals surface area contributed by atoms with Gasteiger partial charge in [-0.3, -0.25) is 0 Å². The van der Waals surface area contributed by atoms with Crippen LogP contribution in [0.4, 0.5) is 13.2 Å². The highest BCUT2D eigenvalue weighted by atomic mass is 35.5. The van der Waals surface area contributed by atoms with Crippen molar-refractivity contribution in [3.63, 3.8) is 0 Å². The molecule has 1 aromatic carbocycles. The Hall–Kier alpha value is -1.56. The fraction of sp³-hybridized carbons (Fsp3) is 0.273. The lowest BCUT2D eigenvalue weighted by Crippen LogP contribution is -2.07. The minimum atomic E-state index is -4.31. The second-order valence-corrected chi connectivity index (χ2v) is 3.93. The molecule has 0 spiro atoms. The molecular formula is C11H9ClF3N3. The predicted molar refractivity (Wildman–Crippen MR) is 60.1 cm³/mol. The van der Waals surface area contributed by atoms with Gasteiger partial charge in [-0.25, -0.2) is 9.67 Å². The quantitative estimate of drug-likeness (QED) is 0.806. The lowest BCUT2D eigenvalue weighted by Gasteiger charge is -2.08. The second kappa shape index (κ2) is 4.97. The topological polar surface area (TPSA) is 30.7 Å². The highest BCUT2D eigenvalue weighted by molar-refractivity contribution is 6.16. The average Bonchev–Trinajstić information content (AvgIpc) is 2.76. The number of rotatable bonds is 3. The van der Waals surface area contributed by atoms with Gasteiger partial charge in [0.15, 0.2) is 0 Å². The van der Waals surface area contributed by atoms with E-state index in [-0.39, 0.29) is 5.88 Å². The Kier molecular flexibility index (Phi) is 3.56. The summed E-state index contributed by atoms with van der Waals surface area (Å²) < 4.78 is 38.7. The van der Waals surface area contributed by atoms with E-state index in [9.17, 15) is 13.2 Å². The van der Waals surface area contributed by atoms with Gasteiger partial charge in [0.25, 0.3) is 0 Å². The molecule has 0 amide bonds. The van der Waals surface area contributed by atoms with E-state index in [0.717, 1.165) is 12.1 Å². The van der Waals surface area contributed by atoms with Crippen LogP contribution in [0.25, 0.3) is 0 Å². The molecule has 1 heterocycles. The van der Waals surface area contributed by atoms with E-state index in [1.807, 2.05) is 0 Å². The summed E-state index contributed by atoms with van der Waals surface area (Å²) in [6, 6.07) is 4.93. The van der Waals surface area contributed by atoms with E-state index in [4.69, 9.17) is 11.6 Å². The van der Waals surface area contributed by atoms with Crippen molar-refractivity contribution in [1.29, 1.82) is 0 Å². The van der Waals surface area contributed by atoms with Gasteiger partial charge in [-0.15, -0.1) is 11.6 Å². The molecule has 0 aliphatic carbocycles. The van der Waals surface area contributed by atoms with Crippen LogP contribution in [0.1, 0.15) is 17.0 Å². The van der Waals surface area contributed by atoms with E-state index < -0.39 is 11.7 Å². The Balaban J connectivity index is 2.16. The number of hydrogen-bond acceptors (Lipinski definition) is 2. The first kappa shape index (κ1) is 12.9. The molecule has 0 saturated heterocycles. The van der Waals surface area contributed by atoms with Crippen LogP contribution < -0.4 is 0 Å². The number of hydrogen-bond donors (Lipinski definition) is 0. The minimum absolute atomic E-state index is 0.209. The molecule has 7 heteroatoms. The van der Waals surface area contributed by atoms with Crippen molar-refractivity contribution in [2.24, 2.45) is 0 Å². The van der Waals surface area contributed by atoms with Crippen molar-refractivity contribution < 1.29 is 13.2 Å². The van der Waals surface area contributed by atoms with Crippen LogP contribution in [0.3, 0.4) is 0 Å². The Bertz CT molecular complexity index is 519. The Morgan fingerprint density at radius 3 is 2.39 bits per heavy atom. The first-order valence-corrected chi connectivity index (χ1v) is 5.63. The Morgan fingerprint density at radius 1 is 1.17 bits per heavy atom. The molecular weight excluding hydrogens is 267 g/mol. The third-order valence-electron chi connectivity index (χ3n) is 2.43. The van der Waals surface area contributed by atoms with Gasteiger partial charge in [0.05, 0.1) is 18.0 Å². The minimum Gasteiger partial charge on any atom is -0.244 e. The molecule has 0 N–H and O–H groups in total. The van der Waals surface area contributed by atoms with Gasteiger partial charge in [-0.1, -0.05) is 12.1 Å². The summed E-state index contributed by atoms with van der Waals surface area (Å²) in [6.07, 6.45) is -2.95. The summed E-state index contributed by atoms with van der Waals surface area (Å²) in [5.41, 5.74) is 0.0438. The van der Waals surface area contributed by atoms with Crippen molar-refractivity contribution in [3.8, 4) is 0 Å². The molecule has 0 bridgehead atoms. The standard InChI is InChI=1S/C11H9ClF3N3/c12-5-10-16-7-17-18(10)6-8-1-3-9(4-2-8)11(13,14)15/h1-4,7H,5-6H2. The summed E-state index contributed by atoms with van der Waals surface area (Å²) in [5, 5.41) is 3.95. The lowest BCUT2D eigenvalue weighted by atomic mass is 10.1. The van der Waals surface area contributed by atoms with Crippen LogP contribution in [0, 0.1) is 0 Å². The lowest BCUT2D eigenvalue weighted by molar-refractivity contribution is -0.137. The van der Waals surface area contributed by atoms with Crippen LogP contribution in [-0.4, -0.2) is 14.8 Å². The maximum absolute atomic E-state index is 12.4. The maximum atomic E-state index is 12.4. The van der Waals surface area contributed by atoms with Gasteiger partial charge in [-0.05, 0) is 17.7 Å². The fourth-order valence-electron chi connectivity index (χ4n) is 1.50. The van der Waals surface area contributed by atoms with E-state index in [1.54, 1.807) is 4.68 Å². The van der Waals surface area contributed by atoms with Crippen molar-refractivity contribution in [2.45, 2.75) is 18.6 Å². The van der Waals surface area contributed by atoms with Crippen molar-refractivity contribution >= 4 is 11.6 Å². The maximum Gasteiger partial charge on any atom is 0.416 e. The van der Waals surface area contributed by atoms with Gasteiger partial charge in [-0.2, -0.15) is 18.3 Å². The van der Waals surface area contributed by atoms with Crippen molar-refractivity contribution in [3.05, 3.63) is 47.5 Å². The molecule has 96 valence electrons. The van der Waals surface area contributed by atoms with Crippen molar-refractivity contribution in [2.75, 3.05) is 0 Å². The smallest absolute Gasteiger partial charge is 0.244 e. The molecule has 0 aliphatic rings. The SMILES string of the molecule is FC(F)(F)c1ccc(Cn2ncnc2CCl)cc1. The number of halogens is 4. The van der Waals surface area contributed by atoms with Gasteiger partial charge < -0.3 is 0 Å². The van der Waals surface area contributed by atoms with Crippen LogP contribution in [0.15, 0.2) is 30.6 Å². The number of aromatic nitrogens is 3. The van der Waals surface area contributed by atoms with Crippen LogP contribution in [0.2, 0.25) is 0 Å². The number of alkyl halides is 4. The van der Waals surface area contributed by atoms with Gasteiger partial charge in [0.1, 0.15) is 12.2 Å². The van der Waals surface area contributed by atoms with Crippen molar-refractivity contribution in [1.82, 2.24) is 14.8 Å². The molecule has 2 rings (SSSR count). The van der Waals surface area contributed by atoms with E-state index in [2.05, 4.69) is 10.1 Å². The zero-order valence-corrected chi connectivity index (χ0v) is 9.91. The Morgan fingerprint density at radius 2 is 1.83 bits per heavy atom. The van der Waals surface area contributed by atoms with Gasteiger partial charge in [0, 0.05) is 0 Å². The van der Waals surface area contributed by atoms with Gasteiger partial charge >= 0.3 is 6.18 Å². The molecule has 2 aromatic rings. The molecule has 0 saturated carbocycles. The first-order valence-electron chi connectivity index (χ1n) is 5.09. The summed E-state index contributed by atoms with van der Waals surface area (Å²) in [5.74, 6) is 0.789.